The van der Waals surface area contributed by atoms with Crippen LogP contribution in [0.25, 0.3) is 0 Å². The first-order valence-corrected chi connectivity index (χ1v) is 10.2. The highest BCUT2D eigenvalue weighted by Crippen LogP contribution is 2.38. The van der Waals surface area contributed by atoms with Gasteiger partial charge in [0.15, 0.2) is 11.5 Å². The van der Waals surface area contributed by atoms with E-state index in [1.165, 1.54) is 13.2 Å². The van der Waals surface area contributed by atoms with Gasteiger partial charge in [0.25, 0.3) is 0 Å². The fourth-order valence-corrected chi connectivity index (χ4v) is 3.87. The van der Waals surface area contributed by atoms with Crippen LogP contribution in [0.2, 0.25) is 0 Å². The number of anilines is 1. The standard InChI is InChI=1S/C25H23F3N2O2/c1-31-22-14-20-21(15-23(22)32-2)30(16-17-7-4-3-5-8-17)12-11-29-24(20)18-9-6-10-19(13-18)25(26,27)28/h3-10,13-15H,11-12,16H2,1-2H3. The van der Waals surface area contributed by atoms with Crippen LogP contribution in [0.1, 0.15) is 22.3 Å². The van der Waals surface area contributed by atoms with Gasteiger partial charge in [-0.3, -0.25) is 4.99 Å². The van der Waals surface area contributed by atoms with Crippen molar-refractivity contribution in [3.8, 4) is 11.5 Å². The zero-order valence-corrected chi connectivity index (χ0v) is 17.8. The minimum Gasteiger partial charge on any atom is -0.493 e. The number of hydrogen-bond acceptors (Lipinski definition) is 4. The monoisotopic (exact) mass is 440 g/mol. The summed E-state index contributed by atoms with van der Waals surface area (Å²) in [4.78, 5) is 6.86. The Labute approximate surface area is 184 Å². The predicted octanol–water partition coefficient (Wildman–Crippen LogP) is 5.58. The maximum absolute atomic E-state index is 13.3. The molecule has 0 spiro atoms. The van der Waals surface area contributed by atoms with E-state index in [1.54, 1.807) is 19.2 Å². The lowest BCUT2D eigenvalue weighted by atomic mass is 9.97. The average Bonchev–Trinajstić information content (AvgIpc) is 2.97. The first-order valence-electron chi connectivity index (χ1n) is 10.2. The van der Waals surface area contributed by atoms with Crippen LogP contribution in [0.4, 0.5) is 18.9 Å². The zero-order valence-electron chi connectivity index (χ0n) is 17.8. The summed E-state index contributed by atoms with van der Waals surface area (Å²) in [7, 11) is 3.09. The Bertz CT molecular complexity index is 1130. The summed E-state index contributed by atoms with van der Waals surface area (Å²) in [5.41, 5.74) is 2.87. The van der Waals surface area contributed by atoms with Gasteiger partial charge in [-0.2, -0.15) is 13.2 Å². The van der Waals surface area contributed by atoms with Crippen LogP contribution in [0.5, 0.6) is 11.5 Å². The molecule has 1 heterocycles. The summed E-state index contributed by atoms with van der Waals surface area (Å²) in [6, 6.07) is 18.9. The van der Waals surface area contributed by atoms with Crippen LogP contribution >= 0.6 is 0 Å². The minimum absolute atomic E-state index is 0.412. The number of methoxy groups -OCH3 is 2. The van der Waals surface area contributed by atoms with Crippen molar-refractivity contribution >= 4 is 11.4 Å². The van der Waals surface area contributed by atoms with E-state index in [4.69, 9.17) is 14.5 Å². The molecule has 0 radical (unpaired) electrons. The highest BCUT2D eigenvalue weighted by molar-refractivity contribution is 6.16. The summed E-state index contributed by atoms with van der Waals surface area (Å²) in [6.07, 6.45) is -4.43. The highest BCUT2D eigenvalue weighted by Gasteiger charge is 2.31. The van der Waals surface area contributed by atoms with Crippen LogP contribution in [0, 0.1) is 0 Å². The van der Waals surface area contributed by atoms with E-state index >= 15 is 0 Å². The molecule has 1 aliphatic heterocycles. The molecule has 3 aromatic carbocycles. The molecule has 7 heteroatoms. The smallest absolute Gasteiger partial charge is 0.416 e. The topological polar surface area (TPSA) is 34.1 Å². The fourth-order valence-electron chi connectivity index (χ4n) is 3.87. The third-order valence-electron chi connectivity index (χ3n) is 5.42. The summed E-state index contributed by atoms with van der Waals surface area (Å²) in [5, 5.41) is 0. The average molecular weight is 440 g/mol. The Morgan fingerprint density at radius 3 is 2.31 bits per heavy atom. The molecule has 4 rings (SSSR count). The van der Waals surface area contributed by atoms with E-state index in [-0.39, 0.29) is 0 Å². The lowest BCUT2D eigenvalue weighted by Gasteiger charge is -2.26. The second-order valence-electron chi connectivity index (χ2n) is 7.44. The Kier molecular flexibility index (Phi) is 6.08. The summed E-state index contributed by atoms with van der Waals surface area (Å²) < 4.78 is 51.0. The minimum atomic E-state index is -4.43. The second kappa shape index (κ2) is 8.94. The molecule has 3 aromatic rings. The van der Waals surface area contributed by atoms with Crippen molar-refractivity contribution in [2.24, 2.45) is 4.99 Å². The van der Waals surface area contributed by atoms with Gasteiger partial charge in [-0.1, -0.05) is 42.5 Å². The third-order valence-corrected chi connectivity index (χ3v) is 5.42. The molecule has 4 nitrogen and oxygen atoms in total. The third kappa shape index (κ3) is 4.42. The van der Waals surface area contributed by atoms with Gasteiger partial charge in [0.2, 0.25) is 0 Å². The van der Waals surface area contributed by atoms with Crippen molar-refractivity contribution in [3.63, 3.8) is 0 Å². The molecule has 32 heavy (non-hydrogen) atoms. The molecular weight excluding hydrogens is 417 g/mol. The largest absolute Gasteiger partial charge is 0.493 e. The number of alkyl halides is 3. The molecule has 0 atom stereocenters. The fraction of sp³-hybridized carbons (Fsp3) is 0.240. The number of fused-ring (bicyclic) bond motifs is 1. The summed E-state index contributed by atoms with van der Waals surface area (Å²) >= 11 is 0. The van der Waals surface area contributed by atoms with Crippen molar-refractivity contribution in [3.05, 3.63) is 89.0 Å². The molecule has 0 saturated carbocycles. The zero-order chi connectivity index (χ0) is 22.7. The number of benzene rings is 3. The number of ether oxygens (including phenoxy) is 2. The number of nitrogens with zero attached hydrogens (tertiary/aromatic N) is 2. The molecule has 0 amide bonds. The van der Waals surface area contributed by atoms with Gasteiger partial charge >= 0.3 is 6.18 Å². The van der Waals surface area contributed by atoms with Crippen molar-refractivity contribution in [2.75, 3.05) is 32.2 Å². The van der Waals surface area contributed by atoms with Crippen molar-refractivity contribution in [1.82, 2.24) is 0 Å². The molecule has 0 aliphatic carbocycles. The van der Waals surface area contributed by atoms with Gasteiger partial charge in [0.1, 0.15) is 0 Å². The van der Waals surface area contributed by atoms with Gasteiger partial charge < -0.3 is 14.4 Å². The van der Waals surface area contributed by atoms with Crippen LogP contribution in [0.3, 0.4) is 0 Å². The number of aliphatic imine (C=N–C) groups is 1. The molecule has 0 N–H and O–H groups in total. The van der Waals surface area contributed by atoms with Crippen LogP contribution in [0.15, 0.2) is 71.7 Å². The highest BCUT2D eigenvalue weighted by atomic mass is 19.4. The lowest BCUT2D eigenvalue weighted by Crippen LogP contribution is -2.25. The molecule has 1 aliphatic rings. The Morgan fingerprint density at radius 1 is 0.906 bits per heavy atom. The Morgan fingerprint density at radius 2 is 1.62 bits per heavy atom. The first kappa shape index (κ1) is 21.7. The van der Waals surface area contributed by atoms with Crippen LogP contribution in [-0.4, -0.2) is 33.0 Å². The van der Waals surface area contributed by atoms with Gasteiger partial charge in [-0.15, -0.1) is 0 Å². The van der Waals surface area contributed by atoms with Gasteiger partial charge in [-0.05, 0) is 23.8 Å². The van der Waals surface area contributed by atoms with E-state index in [0.29, 0.717) is 48.0 Å². The van der Waals surface area contributed by atoms with E-state index < -0.39 is 11.7 Å². The van der Waals surface area contributed by atoms with Gasteiger partial charge in [0.05, 0.1) is 37.7 Å². The number of benzodiazepines with no additional fused rings is 1. The second-order valence-corrected chi connectivity index (χ2v) is 7.44. The Hall–Kier alpha value is -3.48. The van der Waals surface area contributed by atoms with Crippen LogP contribution < -0.4 is 14.4 Å². The number of halogens is 3. The number of rotatable bonds is 5. The first-order chi connectivity index (χ1) is 15.4. The molecular formula is C25H23F3N2O2. The van der Waals surface area contributed by atoms with E-state index in [1.807, 2.05) is 36.4 Å². The summed E-state index contributed by atoms with van der Waals surface area (Å²) in [6.45, 7) is 1.69. The van der Waals surface area contributed by atoms with E-state index in [9.17, 15) is 13.2 Å². The van der Waals surface area contributed by atoms with Crippen molar-refractivity contribution in [1.29, 1.82) is 0 Å². The maximum Gasteiger partial charge on any atom is 0.416 e. The molecule has 0 fully saturated rings. The van der Waals surface area contributed by atoms with E-state index in [0.717, 1.165) is 23.4 Å². The summed E-state index contributed by atoms with van der Waals surface area (Å²) in [5.74, 6) is 1.04. The van der Waals surface area contributed by atoms with Gasteiger partial charge in [-0.25, -0.2) is 0 Å². The van der Waals surface area contributed by atoms with Crippen LogP contribution in [-0.2, 0) is 12.7 Å². The molecule has 0 aromatic heterocycles. The van der Waals surface area contributed by atoms with Crippen molar-refractivity contribution < 1.29 is 22.6 Å². The number of hydrogen-bond donors (Lipinski definition) is 0. The predicted molar refractivity (Wildman–Crippen MR) is 119 cm³/mol. The molecule has 0 saturated heterocycles. The quantitative estimate of drug-likeness (QED) is 0.519. The van der Waals surface area contributed by atoms with E-state index in [2.05, 4.69) is 4.90 Å². The maximum atomic E-state index is 13.3. The normalized spacial score (nSPS) is 13.8. The molecule has 166 valence electrons. The van der Waals surface area contributed by atoms with Gasteiger partial charge in [0, 0.05) is 30.3 Å². The lowest BCUT2D eigenvalue weighted by molar-refractivity contribution is -0.137. The molecule has 0 bridgehead atoms. The molecule has 0 unspecified atom stereocenters. The van der Waals surface area contributed by atoms with Crippen molar-refractivity contribution in [2.45, 2.75) is 12.7 Å². The SMILES string of the molecule is COc1cc2c(cc1OC)N(Cc1ccccc1)CCN=C2c1cccc(C(F)(F)F)c1. The Balaban J connectivity index is 1.84.